The first kappa shape index (κ1) is 24.5. The molecule has 192 valence electrons. The predicted molar refractivity (Wildman–Crippen MR) is 133 cm³/mol. The van der Waals surface area contributed by atoms with E-state index < -0.39 is 5.60 Å². The Kier molecular flexibility index (Phi) is 6.57. The van der Waals surface area contributed by atoms with Crippen molar-refractivity contribution < 1.29 is 19.4 Å². The van der Waals surface area contributed by atoms with Crippen LogP contribution in [-0.4, -0.2) is 95.9 Å². The van der Waals surface area contributed by atoms with Crippen molar-refractivity contribution in [2.75, 3.05) is 46.9 Å². The second kappa shape index (κ2) is 9.37. The number of hydrogen-bond acceptors (Lipinski definition) is 5. The van der Waals surface area contributed by atoms with Crippen molar-refractivity contribution in [1.29, 1.82) is 0 Å². The highest BCUT2D eigenvalue weighted by atomic mass is 16.5. The van der Waals surface area contributed by atoms with Crippen molar-refractivity contribution in [2.45, 2.75) is 74.1 Å². The van der Waals surface area contributed by atoms with Crippen LogP contribution in [0.3, 0.4) is 0 Å². The number of nitrogens with zero attached hydrogens (tertiary/aromatic N) is 3. The van der Waals surface area contributed by atoms with Crippen molar-refractivity contribution in [2.24, 2.45) is 0 Å². The average molecular weight is 485 g/mol. The summed E-state index contributed by atoms with van der Waals surface area (Å²) in [6.07, 6.45) is 6.47. The minimum absolute atomic E-state index is 0.0258. The van der Waals surface area contributed by atoms with Crippen LogP contribution in [0.15, 0.2) is 30.3 Å². The summed E-state index contributed by atoms with van der Waals surface area (Å²) >= 11 is 0. The second-order valence-corrected chi connectivity index (χ2v) is 11.4. The number of carbonyl (C=O) groups excluding carboxylic acids is 2. The molecular formula is C27H40N4O4. The molecule has 35 heavy (non-hydrogen) atoms. The molecule has 1 aromatic carbocycles. The van der Waals surface area contributed by atoms with E-state index in [0.29, 0.717) is 39.3 Å². The fourth-order valence-corrected chi connectivity index (χ4v) is 6.48. The Labute approximate surface area is 208 Å². The van der Waals surface area contributed by atoms with Crippen LogP contribution in [0.1, 0.15) is 56.9 Å². The van der Waals surface area contributed by atoms with Gasteiger partial charge in [0.1, 0.15) is 0 Å². The molecular weight excluding hydrogens is 444 g/mol. The number of benzene rings is 1. The minimum Gasteiger partial charge on any atom is -0.388 e. The molecule has 2 N–H and O–H groups in total. The Morgan fingerprint density at radius 1 is 1.11 bits per heavy atom. The molecule has 4 aliphatic rings. The van der Waals surface area contributed by atoms with Gasteiger partial charge in [-0.2, -0.15) is 0 Å². The van der Waals surface area contributed by atoms with E-state index in [1.54, 1.807) is 0 Å². The van der Waals surface area contributed by atoms with Crippen LogP contribution >= 0.6 is 0 Å². The monoisotopic (exact) mass is 484 g/mol. The molecule has 3 amide bonds. The van der Waals surface area contributed by atoms with Crippen molar-refractivity contribution in [3.63, 3.8) is 0 Å². The van der Waals surface area contributed by atoms with Crippen molar-refractivity contribution in [3.8, 4) is 0 Å². The number of carbonyl (C=O) groups is 2. The summed E-state index contributed by atoms with van der Waals surface area (Å²) in [5.41, 5.74) is 0.194. The summed E-state index contributed by atoms with van der Waals surface area (Å²) in [5.74, 6) is -0.0319. The van der Waals surface area contributed by atoms with E-state index in [2.05, 4.69) is 54.6 Å². The standard InChI is InChI=1S/C27H40N4O4/c1-29(2)27(21-7-4-3-5-8-21)14-12-25(13-15-27)19-30(16-9-23(32)28-22-17-35-18-22)24(33)31(25)20-26(34)10-6-11-26/h3-5,7-8,22,34H,6,9-20H2,1-2H3,(H,28,32)/t25-,27+. The number of hydrogen-bond donors (Lipinski definition) is 2. The quantitative estimate of drug-likeness (QED) is 0.592. The Morgan fingerprint density at radius 2 is 1.80 bits per heavy atom. The summed E-state index contributed by atoms with van der Waals surface area (Å²) in [4.78, 5) is 32.2. The third-order valence-corrected chi connectivity index (χ3v) is 9.08. The molecule has 8 heteroatoms. The second-order valence-electron chi connectivity index (χ2n) is 11.4. The lowest BCUT2D eigenvalue weighted by atomic mass is 9.67. The van der Waals surface area contributed by atoms with Gasteiger partial charge in [-0.3, -0.25) is 9.69 Å². The molecule has 0 atom stereocenters. The van der Waals surface area contributed by atoms with Gasteiger partial charge in [-0.25, -0.2) is 4.79 Å². The van der Waals surface area contributed by atoms with Gasteiger partial charge in [-0.15, -0.1) is 0 Å². The Morgan fingerprint density at radius 3 is 2.34 bits per heavy atom. The van der Waals surface area contributed by atoms with Crippen LogP contribution in [0.25, 0.3) is 0 Å². The number of nitrogens with one attached hydrogen (secondary N) is 1. The Hall–Kier alpha value is -2.16. The molecule has 1 aromatic rings. The molecule has 0 radical (unpaired) electrons. The smallest absolute Gasteiger partial charge is 0.320 e. The maximum Gasteiger partial charge on any atom is 0.320 e. The van der Waals surface area contributed by atoms with Crippen LogP contribution in [0.4, 0.5) is 4.79 Å². The van der Waals surface area contributed by atoms with Crippen LogP contribution in [0.2, 0.25) is 0 Å². The molecule has 0 aromatic heterocycles. The number of ether oxygens (including phenoxy) is 1. The van der Waals surface area contributed by atoms with Gasteiger partial charge in [0.15, 0.2) is 0 Å². The average Bonchev–Trinajstić information content (AvgIpc) is 3.05. The predicted octanol–water partition coefficient (Wildman–Crippen LogP) is 2.31. The lowest BCUT2D eigenvalue weighted by Crippen LogP contribution is -2.59. The Balaban J connectivity index is 1.32. The number of rotatable bonds is 8. The van der Waals surface area contributed by atoms with Crippen molar-refractivity contribution in [1.82, 2.24) is 20.0 Å². The van der Waals surface area contributed by atoms with Crippen molar-refractivity contribution in [3.05, 3.63) is 35.9 Å². The van der Waals surface area contributed by atoms with Gasteiger partial charge in [0.2, 0.25) is 5.91 Å². The maximum absolute atomic E-state index is 13.6. The molecule has 2 aliphatic heterocycles. The fraction of sp³-hybridized carbons (Fsp3) is 0.704. The largest absolute Gasteiger partial charge is 0.388 e. The molecule has 1 spiro atoms. The zero-order chi connectivity index (χ0) is 24.7. The summed E-state index contributed by atoms with van der Waals surface area (Å²) in [7, 11) is 4.30. The van der Waals surface area contributed by atoms with Gasteiger partial charge in [-0.05, 0) is 64.6 Å². The third kappa shape index (κ3) is 4.56. The van der Waals surface area contributed by atoms with Crippen LogP contribution in [-0.2, 0) is 15.1 Å². The first-order chi connectivity index (χ1) is 16.8. The summed E-state index contributed by atoms with van der Waals surface area (Å²) in [6.45, 7) is 2.57. The van der Waals surface area contributed by atoms with Crippen LogP contribution in [0, 0.1) is 0 Å². The molecule has 0 unspecified atom stereocenters. The lowest BCUT2D eigenvalue weighted by Gasteiger charge is -2.52. The SMILES string of the molecule is CN(C)[C@]1(c2ccccc2)CC[C@]2(CC1)CN(CCC(=O)NC1COC1)C(=O)N2CC1(O)CCC1. The first-order valence-corrected chi connectivity index (χ1v) is 13.1. The lowest BCUT2D eigenvalue weighted by molar-refractivity contribution is -0.125. The van der Waals surface area contributed by atoms with E-state index >= 15 is 0 Å². The van der Waals surface area contributed by atoms with E-state index in [4.69, 9.17) is 4.74 Å². The summed E-state index contributed by atoms with van der Waals surface area (Å²) in [6, 6.07) is 10.8. The van der Waals surface area contributed by atoms with Crippen molar-refractivity contribution >= 4 is 11.9 Å². The van der Waals surface area contributed by atoms with E-state index in [1.807, 2.05) is 9.80 Å². The highest BCUT2D eigenvalue weighted by molar-refractivity contribution is 5.80. The highest BCUT2D eigenvalue weighted by Crippen LogP contribution is 2.50. The zero-order valence-electron chi connectivity index (χ0n) is 21.2. The van der Waals surface area contributed by atoms with Gasteiger partial charge in [0.05, 0.1) is 36.9 Å². The topological polar surface area (TPSA) is 85.4 Å². The number of urea groups is 1. The summed E-state index contributed by atoms with van der Waals surface area (Å²) in [5, 5.41) is 14.0. The van der Waals surface area contributed by atoms with Gasteiger partial charge in [-0.1, -0.05) is 30.3 Å². The van der Waals surface area contributed by atoms with E-state index in [1.165, 1.54) is 5.56 Å². The molecule has 2 heterocycles. The van der Waals surface area contributed by atoms with E-state index in [-0.39, 0.29) is 29.1 Å². The highest BCUT2D eigenvalue weighted by Gasteiger charge is 2.56. The molecule has 2 saturated heterocycles. The minimum atomic E-state index is -0.768. The normalized spacial score (nSPS) is 30.5. The molecule has 5 rings (SSSR count). The molecule has 4 fully saturated rings. The molecule has 2 aliphatic carbocycles. The third-order valence-electron chi connectivity index (χ3n) is 9.08. The van der Waals surface area contributed by atoms with Crippen LogP contribution < -0.4 is 5.32 Å². The molecule has 0 bridgehead atoms. The van der Waals surface area contributed by atoms with Crippen LogP contribution in [0.5, 0.6) is 0 Å². The number of aliphatic hydroxyl groups is 1. The van der Waals surface area contributed by atoms with E-state index in [0.717, 1.165) is 44.9 Å². The van der Waals surface area contributed by atoms with Gasteiger partial charge in [0, 0.05) is 25.0 Å². The fourth-order valence-electron chi connectivity index (χ4n) is 6.48. The number of amides is 3. The first-order valence-electron chi connectivity index (χ1n) is 13.1. The van der Waals surface area contributed by atoms with Gasteiger partial charge in [0.25, 0.3) is 0 Å². The molecule has 2 saturated carbocycles. The summed E-state index contributed by atoms with van der Waals surface area (Å²) < 4.78 is 5.13. The Bertz CT molecular complexity index is 920. The zero-order valence-corrected chi connectivity index (χ0v) is 21.2. The maximum atomic E-state index is 13.6. The number of β-amino-alcohol motifs (C(OH)–C–C–N with tert-alkyl or cyclic N) is 1. The van der Waals surface area contributed by atoms with E-state index in [9.17, 15) is 14.7 Å². The van der Waals surface area contributed by atoms with Gasteiger partial charge < -0.3 is 25.0 Å². The van der Waals surface area contributed by atoms with Gasteiger partial charge >= 0.3 is 6.03 Å². The molecule has 8 nitrogen and oxygen atoms in total.